The van der Waals surface area contributed by atoms with E-state index in [0.29, 0.717) is 0 Å². The van der Waals surface area contributed by atoms with Gasteiger partial charge in [0.2, 0.25) is 0 Å². The Morgan fingerprint density at radius 3 is 0.500 bits per heavy atom. The van der Waals surface area contributed by atoms with Gasteiger partial charge in [-0.15, -0.1) is 0 Å². The van der Waals surface area contributed by atoms with Gasteiger partial charge < -0.3 is 49.6 Å². The Hall–Kier alpha value is 2.65. The third-order valence-electron chi connectivity index (χ3n) is 0. The molecule has 0 spiro atoms. The van der Waals surface area contributed by atoms with Crippen LogP contribution in [0.4, 0.5) is 0 Å². The van der Waals surface area contributed by atoms with Crippen molar-refractivity contribution in [1.82, 2.24) is 0 Å². The van der Waals surface area contributed by atoms with Crippen LogP contribution in [0.2, 0.25) is 0 Å². The van der Waals surface area contributed by atoms with Gasteiger partial charge in [-0.05, 0) is 0 Å². The van der Waals surface area contributed by atoms with E-state index >= 15 is 0 Å². The molecule has 0 saturated heterocycles. The summed E-state index contributed by atoms with van der Waals surface area (Å²) < 4.78 is 0. The van der Waals surface area contributed by atoms with E-state index in [4.69, 9.17) is 0 Å². The molecular weight excluding hydrogens is 456 g/mol. The molecule has 0 radical (unpaired) electrons. The molecule has 0 unspecified atom stereocenters. The summed E-state index contributed by atoms with van der Waals surface area (Å²) in [6.45, 7) is 0. The molecule has 0 fully saturated rings. The summed E-state index contributed by atoms with van der Waals surface area (Å²) in [5, 5.41) is 0. The van der Waals surface area contributed by atoms with Crippen LogP contribution in [-0.4, -0.2) is 23.9 Å². The molecule has 0 heterocycles. The predicted molar refractivity (Wildman–Crippen MR) is 8.54 cm³/mol. The SMILES string of the molecule is [Cl-].[Cl-].[Cl-].[Cl-].[Pt+2].[SnH2+2]. The van der Waals surface area contributed by atoms with Gasteiger partial charge in [0.25, 0.3) is 0 Å². The van der Waals surface area contributed by atoms with E-state index in [1.165, 1.54) is 0 Å². The van der Waals surface area contributed by atoms with Crippen molar-refractivity contribution in [2.24, 2.45) is 0 Å². The Balaban J connectivity index is 0. The van der Waals surface area contributed by atoms with Crippen molar-refractivity contribution in [3.05, 3.63) is 0 Å². The van der Waals surface area contributed by atoms with Crippen LogP contribution in [0.1, 0.15) is 0 Å². The van der Waals surface area contributed by atoms with E-state index in [0.717, 1.165) is 0 Å². The molecular formula is H2Cl4PtSn. The topological polar surface area (TPSA) is 0 Å². The van der Waals surface area contributed by atoms with Crippen LogP contribution in [0.5, 0.6) is 0 Å². The molecule has 0 rings (SSSR count). The summed E-state index contributed by atoms with van der Waals surface area (Å²) in [5.41, 5.74) is 0. The summed E-state index contributed by atoms with van der Waals surface area (Å²) in [6.07, 6.45) is 0. The normalized spacial score (nSPS) is 0. The maximum absolute atomic E-state index is 0. The summed E-state index contributed by atoms with van der Waals surface area (Å²) in [7, 11) is 0. The van der Waals surface area contributed by atoms with Crippen molar-refractivity contribution in [1.29, 1.82) is 0 Å². The van der Waals surface area contributed by atoms with Crippen LogP contribution in [-0.2, 0) is 21.1 Å². The van der Waals surface area contributed by atoms with Crippen molar-refractivity contribution >= 4 is 23.9 Å². The zero-order chi connectivity index (χ0) is 0. The van der Waals surface area contributed by atoms with Crippen molar-refractivity contribution in [2.75, 3.05) is 0 Å². The minimum absolute atomic E-state index is 0. The second kappa shape index (κ2) is 48.2. The van der Waals surface area contributed by atoms with Gasteiger partial charge in [0.05, 0.1) is 0 Å². The van der Waals surface area contributed by atoms with Crippen molar-refractivity contribution in [3.8, 4) is 0 Å². The molecule has 0 nitrogen and oxygen atoms in total. The molecule has 0 aromatic carbocycles. The van der Waals surface area contributed by atoms with E-state index in [1.807, 2.05) is 0 Å². The third kappa shape index (κ3) is 30.3. The summed E-state index contributed by atoms with van der Waals surface area (Å²) >= 11 is 0. The Kier molecular flexibility index (Phi) is 580. The van der Waals surface area contributed by atoms with Crippen molar-refractivity contribution in [2.45, 2.75) is 0 Å². The third-order valence-corrected chi connectivity index (χ3v) is 0. The summed E-state index contributed by atoms with van der Waals surface area (Å²) in [6, 6.07) is 0. The van der Waals surface area contributed by atoms with Gasteiger partial charge in [0.1, 0.15) is 0 Å². The molecule has 6 heavy (non-hydrogen) atoms. The molecule has 0 aliphatic heterocycles. The van der Waals surface area contributed by atoms with Gasteiger partial charge in [0, 0.05) is 0 Å². The molecule has 6 heteroatoms. The first-order valence-corrected chi connectivity index (χ1v) is 0. The van der Waals surface area contributed by atoms with Crippen LogP contribution >= 0.6 is 0 Å². The van der Waals surface area contributed by atoms with Crippen LogP contribution < -0.4 is 49.6 Å². The van der Waals surface area contributed by atoms with Crippen molar-refractivity contribution < 1.29 is 70.7 Å². The summed E-state index contributed by atoms with van der Waals surface area (Å²) in [5.74, 6) is 0. The van der Waals surface area contributed by atoms with Crippen LogP contribution in [0.3, 0.4) is 0 Å². The molecule has 44 valence electrons. The van der Waals surface area contributed by atoms with Gasteiger partial charge in [-0.1, -0.05) is 0 Å². The Morgan fingerprint density at radius 1 is 0.500 bits per heavy atom. The molecule has 0 aromatic rings. The molecule has 0 amide bonds. The van der Waals surface area contributed by atoms with Gasteiger partial charge >= 0.3 is 45.0 Å². The first kappa shape index (κ1) is 72.2. The van der Waals surface area contributed by atoms with E-state index in [2.05, 4.69) is 0 Å². The zero-order valence-electron chi connectivity index (χ0n) is 2.54. The van der Waals surface area contributed by atoms with Crippen LogP contribution in [0, 0.1) is 0 Å². The fourth-order valence-corrected chi connectivity index (χ4v) is 0. The number of rotatable bonds is 0. The van der Waals surface area contributed by atoms with Crippen LogP contribution in [0.25, 0.3) is 0 Å². The van der Waals surface area contributed by atoms with E-state index in [1.54, 1.807) is 0 Å². The summed E-state index contributed by atoms with van der Waals surface area (Å²) in [4.78, 5) is 0. The number of halogens is 4. The molecule has 0 atom stereocenters. The fraction of sp³-hybridized carbons (Fsp3) is 0. The number of hydrogen-bond acceptors (Lipinski definition) is 0. The van der Waals surface area contributed by atoms with E-state index in [9.17, 15) is 0 Å². The molecule has 0 aliphatic rings. The van der Waals surface area contributed by atoms with Gasteiger partial charge in [0.15, 0.2) is 0 Å². The molecule has 0 bridgehead atoms. The van der Waals surface area contributed by atoms with E-state index in [-0.39, 0.29) is 94.6 Å². The average Bonchev–Trinajstić information content (AvgIpc) is 0. The molecule has 0 aromatic heterocycles. The van der Waals surface area contributed by atoms with E-state index < -0.39 is 0 Å². The molecule has 0 aliphatic carbocycles. The van der Waals surface area contributed by atoms with Crippen molar-refractivity contribution in [3.63, 3.8) is 0 Å². The van der Waals surface area contributed by atoms with Gasteiger partial charge in [-0.25, -0.2) is 0 Å². The Bertz CT molecular complexity index is 7.51. The molecule has 0 saturated carbocycles. The monoisotopic (exact) mass is 457 g/mol. The standard InChI is InChI=1S/4ClH.Pt.Sn.2H/h4*1H;;;;/q;;;;2*+2;;/p-4. The minimum atomic E-state index is 0. The average molecular weight is 458 g/mol. The zero-order valence-corrected chi connectivity index (χ0v) is 11.9. The number of hydrogen-bond donors (Lipinski definition) is 0. The Morgan fingerprint density at radius 2 is 0.500 bits per heavy atom. The first-order chi connectivity index (χ1) is 0. The quantitative estimate of drug-likeness (QED) is 0.317. The second-order valence-corrected chi connectivity index (χ2v) is 0. The van der Waals surface area contributed by atoms with Gasteiger partial charge in [-0.3, -0.25) is 0 Å². The van der Waals surface area contributed by atoms with Crippen LogP contribution in [0.15, 0.2) is 0 Å². The fourth-order valence-electron chi connectivity index (χ4n) is 0. The predicted octanol–water partition coefficient (Wildman–Crippen LogP) is -12.9. The van der Waals surface area contributed by atoms with Gasteiger partial charge in [-0.2, -0.15) is 0 Å². The Labute approximate surface area is 93.4 Å². The molecule has 0 N–H and O–H groups in total. The second-order valence-electron chi connectivity index (χ2n) is 0. The maximum atomic E-state index is 0. The first-order valence-electron chi connectivity index (χ1n) is 0.